The number of hydrogen-bond acceptors (Lipinski definition) is 7. The van der Waals surface area contributed by atoms with E-state index >= 15 is 0 Å². The predicted octanol–water partition coefficient (Wildman–Crippen LogP) is 4.16. The maximum absolute atomic E-state index is 12.7. The van der Waals surface area contributed by atoms with Crippen LogP contribution in [0.5, 0.6) is 5.95 Å². The topological polar surface area (TPSA) is 114 Å². The van der Waals surface area contributed by atoms with Crippen molar-refractivity contribution in [2.75, 3.05) is 0 Å². The Labute approximate surface area is 184 Å². The zero-order valence-electron chi connectivity index (χ0n) is 17.1. The minimum atomic E-state index is -0.440. The third-order valence-corrected chi connectivity index (χ3v) is 4.34. The summed E-state index contributed by atoms with van der Waals surface area (Å²) in [6.07, 6.45) is 4.59. The van der Waals surface area contributed by atoms with Gasteiger partial charge in [0.15, 0.2) is 5.69 Å². The maximum Gasteiger partial charge on any atom is 0.312 e. The molecule has 0 radical (unpaired) electrons. The highest BCUT2D eigenvalue weighted by Gasteiger charge is 2.18. The van der Waals surface area contributed by atoms with Gasteiger partial charge in [-0.2, -0.15) is 0 Å². The van der Waals surface area contributed by atoms with E-state index in [4.69, 9.17) is 4.42 Å². The Morgan fingerprint density at radius 3 is 2.47 bits per heavy atom. The van der Waals surface area contributed by atoms with Crippen molar-refractivity contribution in [3.05, 3.63) is 101 Å². The summed E-state index contributed by atoms with van der Waals surface area (Å²) in [4.78, 5) is 29.3. The van der Waals surface area contributed by atoms with Crippen molar-refractivity contribution in [3.8, 4) is 5.95 Å². The van der Waals surface area contributed by atoms with Crippen LogP contribution in [0.25, 0.3) is 11.8 Å². The first-order valence-electron chi connectivity index (χ1n) is 9.75. The van der Waals surface area contributed by atoms with E-state index in [-0.39, 0.29) is 29.1 Å². The molecule has 4 rings (SSSR count). The van der Waals surface area contributed by atoms with E-state index < -0.39 is 5.95 Å². The molecule has 32 heavy (non-hydrogen) atoms. The monoisotopic (exact) mass is 425 g/mol. The molecule has 2 aromatic heterocycles. The van der Waals surface area contributed by atoms with Gasteiger partial charge in [0, 0.05) is 17.5 Å². The van der Waals surface area contributed by atoms with Gasteiger partial charge in [0.1, 0.15) is 5.70 Å². The van der Waals surface area contributed by atoms with Crippen LogP contribution in [0.4, 0.5) is 5.95 Å². The van der Waals surface area contributed by atoms with E-state index in [9.17, 15) is 9.90 Å². The largest absolute Gasteiger partial charge is 0.479 e. The first-order valence-corrected chi connectivity index (χ1v) is 9.75. The fourth-order valence-electron chi connectivity index (χ4n) is 2.79. The second-order valence-electron chi connectivity index (χ2n) is 6.75. The fraction of sp³-hybridized carbons (Fsp3) is 0.0417. The number of aliphatic imine (C=N–C) groups is 1. The molecule has 4 aromatic rings. The smallest absolute Gasteiger partial charge is 0.312 e. The molecule has 0 fully saturated rings. The minimum absolute atomic E-state index is 0.0299. The van der Waals surface area contributed by atoms with Crippen LogP contribution in [-0.4, -0.2) is 32.2 Å². The number of benzene rings is 2. The fourth-order valence-corrected chi connectivity index (χ4v) is 2.79. The van der Waals surface area contributed by atoms with Crippen LogP contribution in [0.1, 0.15) is 33.2 Å². The second kappa shape index (κ2) is 9.48. The van der Waals surface area contributed by atoms with Crippen molar-refractivity contribution in [1.82, 2.24) is 20.3 Å². The molecule has 0 aliphatic rings. The Bertz CT molecular complexity index is 1280. The second-order valence-corrected chi connectivity index (χ2v) is 6.75. The Morgan fingerprint density at radius 2 is 1.75 bits per heavy atom. The summed E-state index contributed by atoms with van der Waals surface area (Å²) in [6.45, 7) is 1.82. The summed E-state index contributed by atoms with van der Waals surface area (Å²) in [5.74, 6) is -0.521. The van der Waals surface area contributed by atoms with Crippen molar-refractivity contribution in [1.29, 1.82) is 0 Å². The molecule has 158 valence electrons. The van der Waals surface area contributed by atoms with E-state index in [0.29, 0.717) is 5.56 Å². The van der Waals surface area contributed by atoms with Crippen molar-refractivity contribution in [2.45, 2.75) is 6.92 Å². The Morgan fingerprint density at radius 1 is 1.03 bits per heavy atom. The molecule has 1 amide bonds. The normalized spacial score (nSPS) is 11.6. The summed E-state index contributed by atoms with van der Waals surface area (Å²) in [7, 11) is 0. The number of carbonyl (C=O) groups excluding carboxylic acids is 1. The number of amides is 1. The highest BCUT2D eigenvalue weighted by molar-refractivity contribution is 6.01. The predicted molar refractivity (Wildman–Crippen MR) is 120 cm³/mol. The number of nitrogens with zero attached hydrogens (tertiary/aromatic N) is 4. The van der Waals surface area contributed by atoms with Gasteiger partial charge >= 0.3 is 5.95 Å². The molecule has 0 saturated carbocycles. The molecule has 0 aliphatic carbocycles. The van der Waals surface area contributed by atoms with E-state index in [1.165, 1.54) is 6.21 Å². The Balaban J connectivity index is 1.66. The lowest BCUT2D eigenvalue weighted by atomic mass is 10.1. The van der Waals surface area contributed by atoms with Gasteiger partial charge in [0.2, 0.25) is 11.8 Å². The number of aromatic nitrogens is 3. The number of nitrogens with one attached hydrogen (secondary N) is 1. The molecule has 0 saturated heterocycles. The number of rotatable bonds is 6. The standard InChI is InChI=1S/C24H19N5O3/c1-16-12-13-25-24(27-16)26-15-20-23(31)32-22(29-20)19(14-17-8-4-2-5-9-17)28-21(30)18-10-6-3-7-11-18/h2-15,31H,1H3,(H,28,30)/b19-14-,26-15+. The van der Waals surface area contributed by atoms with E-state index in [2.05, 4.69) is 25.3 Å². The number of hydrogen-bond donors (Lipinski definition) is 2. The molecular formula is C24H19N5O3. The van der Waals surface area contributed by atoms with Crippen molar-refractivity contribution < 1.29 is 14.3 Å². The third kappa shape index (κ3) is 5.11. The van der Waals surface area contributed by atoms with Gasteiger partial charge in [-0.15, -0.1) is 0 Å². The maximum atomic E-state index is 12.7. The molecule has 2 aromatic carbocycles. The van der Waals surface area contributed by atoms with Gasteiger partial charge in [-0.1, -0.05) is 48.5 Å². The highest BCUT2D eigenvalue weighted by Crippen LogP contribution is 2.23. The highest BCUT2D eigenvalue weighted by atomic mass is 16.5. The van der Waals surface area contributed by atoms with Crippen LogP contribution in [-0.2, 0) is 0 Å². The van der Waals surface area contributed by atoms with Crippen molar-refractivity contribution in [2.24, 2.45) is 4.99 Å². The van der Waals surface area contributed by atoms with Gasteiger partial charge < -0.3 is 14.8 Å². The zero-order valence-corrected chi connectivity index (χ0v) is 17.1. The van der Waals surface area contributed by atoms with Gasteiger partial charge in [0.25, 0.3) is 5.91 Å². The van der Waals surface area contributed by atoms with Crippen LogP contribution >= 0.6 is 0 Å². The van der Waals surface area contributed by atoms with Crippen LogP contribution in [0.2, 0.25) is 0 Å². The number of aromatic hydroxyl groups is 1. The van der Waals surface area contributed by atoms with Gasteiger partial charge in [-0.3, -0.25) is 4.79 Å². The Hall–Kier alpha value is -4.59. The molecule has 0 spiro atoms. The van der Waals surface area contributed by atoms with Crippen LogP contribution in [0, 0.1) is 6.92 Å². The molecule has 0 bridgehead atoms. The summed E-state index contributed by atoms with van der Waals surface area (Å²) < 4.78 is 5.43. The molecule has 2 heterocycles. The zero-order chi connectivity index (χ0) is 22.3. The molecular weight excluding hydrogens is 406 g/mol. The third-order valence-electron chi connectivity index (χ3n) is 4.34. The number of aryl methyl sites for hydroxylation is 1. The van der Waals surface area contributed by atoms with Gasteiger partial charge in [-0.25, -0.2) is 19.9 Å². The van der Waals surface area contributed by atoms with Crippen LogP contribution < -0.4 is 5.32 Å². The molecule has 0 unspecified atom stereocenters. The van der Waals surface area contributed by atoms with E-state index in [1.54, 1.807) is 42.6 Å². The summed E-state index contributed by atoms with van der Waals surface area (Å²) >= 11 is 0. The quantitative estimate of drug-likeness (QED) is 0.449. The van der Waals surface area contributed by atoms with E-state index in [1.807, 2.05) is 43.3 Å². The molecule has 0 atom stereocenters. The lowest BCUT2D eigenvalue weighted by Gasteiger charge is -2.07. The Kier molecular flexibility index (Phi) is 6.12. The molecule has 8 heteroatoms. The lowest BCUT2D eigenvalue weighted by molar-refractivity contribution is 0.0973. The number of oxazole rings is 1. The summed E-state index contributed by atoms with van der Waals surface area (Å²) in [5, 5.41) is 13.0. The van der Waals surface area contributed by atoms with E-state index in [0.717, 1.165) is 11.3 Å². The summed E-state index contributed by atoms with van der Waals surface area (Å²) in [5.41, 5.74) is 2.41. The van der Waals surface area contributed by atoms with Gasteiger partial charge in [0.05, 0.1) is 6.21 Å². The van der Waals surface area contributed by atoms with Gasteiger partial charge in [-0.05, 0) is 36.8 Å². The average Bonchev–Trinajstić information content (AvgIpc) is 3.19. The molecule has 2 N–H and O–H groups in total. The van der Waals surface area contributed by atoms with Crippen LogP contribution in [0.15, 0.2) is 82.3 Å². The van der Waals surface area contributed by atoms with Crippen molar-refractivity contribution in [3.63, 3.8) is 0 Å². The number of carbonyl (C=O) groups is 1. The van der Waals surface area contributed by atoms with Crippen LogP contribution in [0.3, 0.4) is 0 Å². The SMILES string of the molecule is Cc1ccnc(/N=C/c2nc(/C(=C/c3ccccc3)NC(=O)c3ccccc3)oc2O)n1. The van der Waals surface area contributed by atoms with Crippen molar-refractivity contribution >= 4 is 29.8 Å². The average molecular weight is 425 g/mol. The first-order chi connectivity index (χ1) is 15.6. The first kappa shape index (κ1) is 20.7. The lowest BCUT2D eigenvalue weighted by Crippen LogP contribution is -2.22. The minimum Gasteiger partial charge on any atom is -0.479 e. The summed E-state index contributed by atoms with van der Waals surface area (Å²) in [6, 6.07) is 19.9. The molecule has 8 nitrogen and oxygen atoms in total. The molecule has 0 aliphatic heterocycles.